The second-order valence-electron chi connectivity index (χ2n) is 3.95. The first-order chi connectivity index (χ1) is 7.24. The molecule has 1 fully saturated rings. The maximum atomic E-state index is 5.71. The average molecular weight is 227 g/mol. The lowest BCUT2D eigenvalue weighted by Crippen LogP contribution is -2.41. The van der Waals surface area contributed by atoms with E-state index in [0.29, 0.717) is 23.1 Å². The van der Waals surface area contributed by atoms with Gasteiger partial charge < -0.3 is 10.6 Å². The Balaban J connectivity index is 1.93. The standard InChI is InChI=1S/C10H15ClN4/c1-7-4-9(2-3-12-7)15-10-13-5-8(11)6-14-10/h5-7,9,12H,2-4H2,1H3,(H,13,14,15). The van der Waals surface area contributed by atoms with Crippen molar-refractivity contribution in [2.24, 2.45) is 0 Å². The summed E-state index contributed by atoms with van der Waals surface area (Å²) in [5.41, 5.74) is 0. The fraction of sp³-hybridized carbons (Fsp3) is 0.600. The van der Waals surface area contributed by atoms with Crippen LogP contribution < -0.4 is 10.6 Å². The summed E-state index contributed by atoms with van der Waals surface area (Å²) in [7, 11) is 0. The van der Waals surface area contributed by atoms with E-state index < -0.39 is 0 Å². The highest BCUT2D eigenvalue weighted by Gasteiger charge is 2.18. The minimum Gasteiger partial charge on any atom is -0.351 e. The minimum absolute atomic E-state index is 0.461. The highest BCUT2D eigenvalue weighted by atomic mass is 35.5. The SMILES string of the molecule is CC1CC(Nc2ncc(Cl)cn2)CCN1. The van der Waals surface area contributed by atoms with E-state index >= 15 is 0 Å². The molecule has 1 aromatic heterocycles. The number of anilines is 1. The van der Waals surface area contributed by atoms with Gasteiger partial charge in [-0.25, -0.2) is 9.97 Å². The molecule has 0 spiro atoms. The monoisotopic (exact) mass is 226 g/mol. The van der Waals surface area contributed by atoms with Crippen molar-refractivity contribution in [2.45, 2.75) is 31.8 Å². The van der Waals surface area contributed by atoms with Gasteiger partial charge in [0.1, 0.15) is 0 Å². The Morgan fingerprint density at radius 3 is 2.87 bits per heavy atom. The third kappa shape index (κ3) is 3.04. The fourth-order valence-electron chi connectivity index (χ4n) is 1.83. The van der Waals surface area contributed by atoms with Gasteiger partial charge >= 0.3 is 0 Å². The van der Waals surface area contributed by atoms with E-state index in [9.17, 15) is 0 Å². The van der Waals surface area contributed by atoms with E-state index in [1.807, 2.05) is 0 Å². The van der Waals surface area contributed by atoms with Crippen LogP contribution in [0.15, 0.2) is 12.4 Å². The Bertz CT molecular complexity index is 314. The van der Waals surface area contributed by atoms with E-state index in [4.69, 9.17) is 11.6 Å². The molecule has 0 saturated carbocycles. The summed E-state index contributed by atoms with van der Waals surface area (Å²) in [4.78, 5) is 8.25. The zero-order chi connectivity index (χ0) is 10.7. The molecule has 0 radical (unpaired) electrons. The minimum atomic E-state index is 0.461. The molecule has 5 heteroatoms. The van der Waals surface area contributed by atoms with Crippen molar-refractivity contribution in [1.82, 2.24) is 15.3 Å². The summed E-state index contributed by atoms with van der Waals surface area (Å²) in [5.74, 6) is 0.665. The zero-order valence-corrected chi connectivity index (χ0v) is 9.46. The zero-order valence-electron chi connectivity index (χ0n) is 8.70. The molecule has 2 heterocycles. The van der Waals surface area contributed by atoms with Crippen LogP contribution in [0.3, 0.4) is 0 Å². The van der Waals surface area contributed by atoms with Gasteiger partial charge in [-0.05, 0) is 26.3 Å². The van der Waals surface area contributed by atoms with Crippen LogP contribution in [-0.2, 0) is 0 Å². The first-order valence-corrected chi connectivity index (χ1v) is 5.59. The molecule has 82 valence electrons. The summed E-state index contributed by atoms with van der Waals surface area (Å²) in [5, 5.41) is 7.29. The van der Waals surface area contributed by atoms with Crippen LogP contribution in [0.1, 0.15) is 19.8 Å². The number of nitrogens with zero attached hydrogens (tertiary/aromatic N) is 2. The van der Waals surface area contributed by atoms with Gasteiger partial charge in [0.15, 0.2) is 0 Å². The number of hydrogen-bond acceptors (Lipinski definition) is 4. The fourth-order valence-corrected chi connectivity index (χ4v) is 1.93. The molecule has 2 atom stereocenters. The molecule has 0 aliphatic carbocycles. The Morgan fingerprint density at radius 1 is 1.47 bits per heavy atom. The van der Waals surface area contributed by atoms with Crippen LogP contribution in [0.5, 0.6) is 0 Å². The lowest BCUT2D eigenvalue weighted by Gasteiger charge is -2.28. The van der Waals surface area contributed by atoms with E-state index in [1.165, 1.54) is 0 Å². The summed E-state index contributed by atoms with van der Waals surface area (Å²) in [6, 6.07) is 1.02. The van der Waals surface area contributed by atoms with Crippen LogP contribution in [0.2, 0.25) is 5.02 Å². The van der Waals surface area contributed by atoms with Crippen LogP contribution in [0, 0.1) is 0 Å². The summed E-state index contributed by atoms with van der Waals surface area (Å²) >= 11 is 5.71. The third-order valence-corrected chi connectivity index (χ3v) is 2.77. The molecule has 1 saturated heterocycles. The predicted octanol–water partition coefficient (Wildman–Crippen LogP) is 1.68. The smallest absolute Gasteiger partial charge is 0.222 e. The highest BCUT2D eigenvalue weighted by Crippen LogP contribution is 2.13. The number of aromatic nitrogens is 2. The maximum Gasteiger partial charge on any atom is 0.222 e. The molecule has 1 aliphatic rings. The largest absolute Gasteiger partial charge is 0.351 e. The number of nitrogens with one attached hydrogen (secondary N) is 2. The highest BCUT2D eigenvalue weighted by molar-refractivity contribution is 6.30. The van der Waals surface area contributed by atoms with Crippen molar-refractivity contribution in [3.8, 4) is 0 Å². The van der Waals surface area contributed by atoms with Crippen LogP contribution in [0.4, 0.5) is 5.95 Å². The molecule has 0 amide bonds. The van der Waals surface area contributed by atoms with Gasteiger partial charge in [-0.1, -0.05) is 11.6 Å². The Hall–Kier alpha value is -0.870. The summed E-state index contributed by atoms with van der Waals surface area (Å²) < 4.78 is 0. The molecule has 4 nitrogen and oxygen atoms in total. The molecular weight excluding hydrogens is 212 g/mol. The van der Waals surface area contributed by atoms with Gasteiger partial charge in [-0.3, -0.25) is 0 Å². The van der Waals surface area contributed by atoms with E-state index in [-0.39, 0.29) is 0 Å². The number of halogens is 1. The number of hydrogen-bond donors (Lipinski definition) is 2. The van der Waals surface area contributed by atoms with Gasteiger partial charge in [0.2, 0.25) is 5.95 Å². The van der Waals surface area contributed by atoms with Crippen molar-refractivity contribution < 1.29 is 0 Å². The Morgan fingerprint density at radius 2 is 2.20 bits per heavy atom. The van der Waals surface area contributed by atoms with Gasteiger partial charge in [0.25, 0.3) is 0 Å². The van der Waals surface area contributed by atoms with E-state index in [0.717, 1.165) is 19.4 Å². The van der Waals surface area contributed by atoms with Crippen molar-refractivity contribution in [3.63, 3.8) is 0 Å². The van der Waals surface area contributed by atoms with Crippen LogP contribution in [0.25, 0.3) is 0 Å². The Labute approximate surface area is 94.5 Å². The molecule has 1 aliphatic heterocycles. The summed E-state index contributed by atoms with van der Waals surface area (Å²) in [6.07, 6.45) is 5.44. The second kappa shape index (κ2) is 4.77. The lowest BCUT2D eigenvalue weighted by atomic mass is 10.0. The van der Waals surface area contributed by atoms with Crippen molar-refractivity contribution in [1.29, 1.82) is 0 Å². The van der Waals surface area contributed by atoms with Crippen LogP contribution in [-0.4, -0.2) is 28.6 Å². The number of piperidine rings is 1. The first-order valence-electron chi connectivity index (χ1n) is 5.21. The van der Waals surface area contributed by atoms with Crippen molar-refractivity contribution in [2.75, 3.05) is 11.9 Å². The van der Waals surface area contributed by atoms with Crippen molar-refractivity contribution in [3.05, 3.63) is 17.4 Å². The van der Waals surface area contributed by atoms with E-state index in [1.54, 1.807) is 12.4 Å². The Kier molecular flexibility index (Phi) is 3.38. The average Bonchev–Trinajstić information content (AvgIpc) is 2.22. The molecule has 2 rings (SSSR count). The van der Waals surface area contributed by atoms with Crippen molar-refractivity contribution >= 4 is 17.5 Å². The topological polar surface area (TPSA) is 49.8 Å². The molecular formula is C10H15ClN4. The van der Waals surface area contributed by atoms with Gasteiger partial charge in [-0.15, -0.1) is 0 Å². The van der Waals surface area contributed by atoms with Gasteiger partial charge in [-0.2, -0.15) is 0 Å². The molecule has 0 bridgehead atoms. The van der Waals surface area contributed by atoms with Gasteiger partial charge in [0, 0.05) is 12.1 Å². The third-order valence-electron chi connectivity index (χ3n) is 2.58. The summed E-state index contributed by atoms with van der Waals surface area (Å²) in [6.45, 7) is 3.24. The normalized spacial score (nSPS) is 26.3. The molecule has 2 N–H and O–H groups in total. The number of rotatable bonds is 2. The van der Waals surface area contributed by atoms with E-state index in [2.05, 4.69) is 27.5 Å². The molecule has 1 aromatic rings. The van der Waals surface area contributed by atoms with Crippen LogP contribution >= 0.6 is 11.6 Å². The molecule has 0 aromatic carbocycles. The maximum absolute atomic E-state index is 5.71. The second-order valence-corrected chi connectivity index (χ2v) is 4.38. The molecule has 15 heavy (non-hydrogen) atoms. The first kappa shape index (κ1) is 10.6. The molecule has 2 unspecified atom stereocenters. The van der Waals surface area contributed by atoms with Gasteiger partial charge in [0.05, 0.1) is 17.4 Å². The lowest BCUT2D eigenvalue weighted by molar-refractivity contribution is 0.395. The quantitative estimate of drug-likeness (QED) is 0.806. The predicted molar refractivity (Wildman–Crippen MR) is 61.2 cm³/mol.